The Hall–Kier alpha value is -1.69. The topological polar surface area (TPSA) is 61.5 Å². The van der Waals surface area contributed by atoms with Gasteiger partial charge in [0.1, 0.15) is 11.6 Å². The lowest BCUT2D eigenvalue weighted by molar-refractivity contribution is -0.159. The largest absolute Gasteiger partial charge is 0.496 e. The van der Waals surface area contributed by atoms with E-state index < -0.39 is 23.6 Å². The number of halogens is 2. The van der Waals surface area contributed by atoms with Gasteiger partial charge in [-0.05, 0) is 12.5 Å². The van der Waals surface area contributed by atoms with Crippen molar-refractivity contribution in [3.05, 3.63) is 29.6 Å². The van der Waals surface area contributed by atoms with Gasteiger partial charge in [0.2, 0.25) is 6.36 Å². The van der Waals surface area contributed by atoms with Crippen LogP contribution in [0.5, 0.6) is 5.75 Å². The third-order valence-electron chi connectivity index (χ3n) is 3.57. The number of hydrogen-bond donors (Lipinski definition) is 1. The standard InChI is InChI=1S/C16H23F2NO3/c1-4-5-14(18)22-15(20)9-16(2,10-19)12-7-6-11(17)8-13(12)21-3/h6-8,14H,4-5,9-10,19H2,1-3H3. The molecule has 6 heteroatoms. The Kier molecular flexibility index (Phi) is 6.74. The summed E-state index contributed by atoms with van der Waals surface area (Å²) in [7, 11) is 1.41. The number of carbonyl (C=O) groups excluding carboxylic acids is 1. The predicted molar refractivity (Wildman–Crippen MR) is 79.9 cm³/mol. The van der Waals surface area contributed by atoms with Gasteiger partial charge in [-0.15, -0.1) is 0 Å². The van der Waals surface area contributed by atoms with Crippen LogP contribution in [-0.4, -0.2) is 26.0 Å². The highest BCUT2D eigenvalue weighted by Crippen LogP contribution is 2.35. The van der Waals surface area contributed by atoms with Crippen molar-refractivity contribution in [2.45, 2.75) is 44.9 Å². The molecule has 124 valence electrons. The molecule has 0 saturated heterocycles. The van der Waals surface area contributed by atoms with Gasteiger partial charge in [-0.2, -0.15) is 0 Å². The summed E-state index contributed by atoms with van der Waals surface area (Å²) in [5, 5.41) is 0. The van der Waals surface area contributed by atoms with Gasteiger partial charge in [0.15, 0.2) is 0 Å². The Morgan fingerprint density at radius 1 is 1.45 bits per heavy atom. The molecule has 2 atom stereocenters. The van der Waals surface area contributed by atoms with E-state index in [9.17, 15) is 13.6 Å². The summed E-state index contributed by atoms with van der Waals surface area (Å²) < 4.78 is 36.6. The van der Waals surface area contributed by atoms with Crippen molar-refractivity contribution in [1.82, 2.24) is 0 Å². The molecule has 0 radical (unpaired) electrons. The van der Waals surface area contributed by atoms with Gasteiger partial charge in [-0.1, -0.05) is 19.9 Å². The number of nitrogens with two attached hydrogens (primary N) is 1. The lowest BCUT2D eigenvalue weighted by atomic mass is 9.79. The number of esters is 1. The average molecular weight is 315 g/mol. The Morgan fingerprint density at radius 2 is 2.14 bits per heavy atom. The Morgan fingerprint density at radius 3 is 2.68 bits per heavy atom. The molecule has 2 unspecified atom stereocenters. The molecule has 0 heterocycles. The highest BCUT2D eigenvalue weighted by Gasteiger charge is 2.33. The minimum atomic E-state index is -1.62. The van der Waals surface area contributed by atoms with Crippen LogP contribution in [0.15, 0.2) is 18.2 Å². The van der Waals surface area contributed by atoms with E-state index in [0.29, 0.717) is 17.7 Å². The predicted octanol–water partition coefficient (Wildman–Crippen LogP) is 3.08. The number of ether oxygens (including phenoxy) is 2. The quantitative estimate of drug-likeness (QED) is 0.749. The number of methoxy groups -OCH3 is 1. The zero-order valence-electron chi connectivity index (χ0n) is 13.2. The monoisotopic (exact) mass is 315 g/mol. The minimum absolute atomic E-state index is 0.106. The molecule has 0 spiro atoms. The molecule has 0 aliphatic heterocycles. The molecule has 0 aliphatic rings. The molecule has 0 bridgehead atoms. The van der Waals surface area contributed by atoms with E-state index in [0.717, 1.165) is 0 Å². The molecule has 4 nitrogen and oxygen atoms in total. The van der Waals surface area contributed by atoms with Crippen LogP contribution in [0.3, 0.4) is 0 Å². The molecule has 1 aromatic rings. The van der Waals surface area contributed by atoms with Crippen molar-refractivity contribution in [2.24, 2.45) is 5.73 Å². The summed E-state index contributed by atoms with van der Waals surface area (Å²) in [6, 6.07) is 4.02. The first kappa shape index (κ1) is 18.4. The van der Waals surface area contributed by atoms with Crippen LogP contribution in [0, 0.1) is 5.82 Å². The second-order valence-electron chi connectivity index (χ2n) is 5.47. The average Bonchev–Trinajstić information content (AvgIpc) is 2.46. The van der Waals surface area contributed by atoms with E-state index in [1.165, 1.54) is 25.3 Å². The number of rotatable bonds is 8. The first-order chi connectivity index (χ1) is 10.4. The second-order valence-corrected chi connectivity index (χ2v) is 5.47. The highest BCUT2D eigenvalue weighted by atomic mass is 19.1. The van der Waals surface area contributed by atoms with Gasteiger partial charge in [0.25, 0.3) is 0 Å². The van der Waals surface area contributed by atoms with E-state index >= 15 is 0 Å². The van der Waals surface area contributed by atoms with Crippen LogP contribution < -0.4 is 10.5 Å². The fraction of sp³-hybridized carbons (Fsp3) is 0.562. The molecule has 1 aromatic carbocycles. The first-order valence-electron chi connectivity index (χ1n) is 7.24. The van der Waals surface area contributed by atoms with E-state index in [4.69, 9.17) is 15.2 Å². The normalized spacial score (nSPS) is 15.0. The zero-order chi connectivity index (χ0) is 16.8. The van der Waals surface area contributed by atoms with Gasteiger partial charge in [0.05, 0.1) is 13.5 Å². The fourth-order valence-electron chi connectivity index (χ4n) is 2.23. The summed E-state index contributed by atoms with van der Waals surface area (Å²) in [5.41, 5.74) is 5.54. The maximum atomic E-state index is 13.4. The van der Waals surface area contributed by atoms with E-state index in [1.807, 2.05) is 0 Å². The van der Waals surface area contributed by atoms with Crippen LogP contribution in [-0.2, 0) is 14.9 Å². The molecule has 22 heavy (non-hydrogen) atoms. The van der Waals surface area contributed by atoms with Crippen molar-refractivity contribution in [1.29, 1.82) is 0 Å². The van der Waals surface area contributed by atoms with Crippen LogP contribution in [0.25, 0.3) is 0 Å². The maximum absolute atomic E-state index is 13.4. The number of benzene rings is 1. The van der Waals surface area contributed by atoms with E-state index in [-0.39, 0.29) is 19.4 Å². The van der Waals surface area contributed by atoms with Gasteiger partial charge >= 0.3 is 5.97 Å². The van der Waals surface area contributed by atoms with Gasteiger partial charge in [-0.3, -0.25) is 4.79 Å². The first-order valence-corrected chi connectivity index (χ1v) is 7.24. The summed E-state index contributed by atoms with van der Waals surface area (Å²) >= 11 is 0. The second kappa shape index (κ2) is 8.08. The Labute approximate surface area is 129 Å². The van der Waals surface area contributed by atoms with Crippen molar-refractivity contribution in [3.8, 4) is 5.75 Å². The molecule has 2 N–H and O–H groups in total. The highest BCUT2D eigenvalue weighted by molar-refractivity contribution is 5.72. The molecule has 0 aliphatic carbocycles. The maximum Gasteiger partial charge on any atom is 0.309 e. The lowest BCUT2D eigenvalue weighted by Gasteiger charge is -2.29. The number of hydrogen-bond acceptors (Lipinski definition) is 4. The summed E-state index contributed by atoms with van der Waals surface area (Å²) in [6.45, 7) is 3.64. The van der Waals surface area contributed by atoms with Crippen LogP contribution in [0.1, 0.15) is 38.7 Å². The van der Waals surface area contributed by atoms with Crippen molar-refractivity contribution < 1.29 is 23.0 Å². The Balaban J connectivity index is 2.94. The molecule has 0 saturated carbocycles. The molecule has 0 fully saturated rings. The minimum Gasteiger partial charge on any atom is -0.496 e. The summed E-state index contributed by atoms with van der Waals surface area (Å²) in [5.74, 6) is -0.833. The molecule has 1 rings (SSSR count). The number of alkyl halides is 1. The van der Waals surface area contributed by atoms with E-state index in [2.05, 4.69) is 0 Å². The summed E-state index contributed by atoms with van der Waals surface area (Å²) in [6.07, 6.45) is -0.996. The third-order valence-corrected chi connectivity index (χ3v) is 3.57. The van der Waals surface area contributed by atoms with Crippen molar-refractivity contribution >= 4 is 5.97 Å². The molecular formula is C16H23F2NO3. The fourth-order valence-corrected chi connectivity index (χ4v) is 2.23. The van der Waals surface area contributed by atoms with Crippen molar-refractivity contribution in [2.75, 3.05) is 13.7 Å². The molecule has 0 amide bonds. The van der Waals surface area contributed by atoms with Gasteiger partial charge in [0, 0.05) is 30.0 Å². The zero-order valence-corrected chi connectivity index (χ0v) is 13.2. The van der Waals surface area contributed by atoms with Crippen LogP contribution in [0.4, 0.5) is 8.78 Å². The van der Waals surface area contributed by atoms with Crippen LogP contribution in [0.2, 0.25) is 0 Å². The Bertz CT molecular complexity index is 510. The summed E-state index contributed by atoms with van der Waals surface area (Å²) in [4.78, 5) is 11.9. The van der Waals surface area contributed by atoms with E-state index in [1.54, 1.807) is 13.8 Å². The SMILES string of the molecule is CCCC(F)OC(=O)CC(C)(CN)c1ccc(F)cc1OC. The van der Waals surface area contributed by atoms with Gasteiger partial charge < -0.3 is 15.2 Å². The molecule has 0 aromatic heterocycles. The van der Waals surface area contributed by atoms with Crippen molar-refractivity contribution in [3.63, 3.8) is 0 Å². The number of carbonyl (C=O) groups is 1. The third kappa shape index (κ3) is 4.66. The smallest absolute Gasteiger partial charge is 0.309 e. The van der Waals surface area contributed by atoms with Gasteiger partial charge in [-0.25, -0.2) is 8.78 Å². The molecular weight excluding hydrogens is 292 g/mol. The lowest BCUT2D eigenvalue weighted by Crippen LogP contribution is -2.36. The van der Waals surface area contributed by atoms with Crippen LogP contribution >= 0.6 is 0 Å².